The van der Waals surface area contributed by atoms with E-state index in [1.54, 1.807) is 0 Å². The predicted octanol–water partition coefficient (Wildman–Crippen LogP) is 5.60. The van der Waals surface area contributed by atoms with Crippen molar-refractivity contribution in [1.82, 2.24) is 14.9 Å². The van der Waals surface area contributed by atoms with E-state index in [-0.39, 0.29) is 12.4 Å². The zero-order chi connectivity index (χ0) is 17.8. The molecule has 0 saturated carbocycles. The van der Waals surface area contributed by atoms with Crippen LogP contribution in [0.2, 0.25) is 0 Å². The second kappa shape index (κ2) is 9.45. The van der Waals surface area contributed by atoms with Gasteiger partial charge in [-0.1, -0.05) is 72.4 Å². The van der Waals surface area contributed by atoms with Crippen LogP contribution in [0.15, 0.2) is 65.8 Å². The fraction of sp³-hybridized carbons (Fsp3) is 0.318. The molecule has 0 unspecified atom stereocenters. The monoisotopic (exact) mass is 399 g/mol. The summed E-state index contributed by atoms with van der Waals surface area (Å²) in [6.45, 7) is 2.43. The Morgan fingerprint density at radius 1 is 1.04 bits per heavy atom. The highest BCUT2D eigenvalue weighted by Gasteiger charge is 2.19. The van der Waals surface area contributed by atoms with Crippen molar-refractivity contribution in [3.05, 3.63) is 60.7 Å². The summed E-state index contributed by atoms with van der Waals surface area (Å²) in [6, 6.07) is 21.0. The number of rotatable bonds is 5. The molecule has 1 fully saturated rings. The van der Waals surface area contributed by atoms with Crippen LogP contribution in [0.3, 0.4) is 0 Å². The van der Waals surface area contributed by atoms with Crippen LogP contribution in [0.1, 0.15) is 12.8 Å². The largest absolute Gasteiger partial charge is 0.332 e. The van der Waals surface area contributed by atoms with Gasteiger partial charge in [0.15, 0.2) is 5.16 Å². The molecule has 1 atom stereocenters. The topological polar surface area (TPSA) is 31.9 Å². The molecule has 1 aromatic heterocycles. The Morgan fingerprint density at radius 2 is 1.70 bits per heavy atom. The normalized spacial score (nSPS) is 17.4. The lowest BCUT2D eigenvalue weighted by Gasteiger charge is -2.29. The molecule has 0 amide bonds. The van der Waals surface area contributed by atoms with Gasteiger partial charge in [0.05, 0.1) is 11.4 Å². The molecule has 0 aliphatic carbocycles. The number of halogens is 1. The molecule has 5 heteroatoms. The maximum atomic E-state index is 4.95. The molecule has 0 radical (unpaired) electrons. The summed E-state index contributed by atoms with van der Waals surface area (Å²) in [5.41, 5.74) is 4.50. The molecule has 1 aliphatic rings. The van der Waals surface area contributed by atoms with E-state index >= 15 is 0 Å². The van der Waals surface area contributed by atoms with Crippen LogP contribution in [-0.4, -0.2) is 40.8 Å². The average Bonchev–Trinajstić information content (AvgIpc) is 3.12. The first-order chi connectivity index (χ1) is 12.8. The second-order valence-corrected chi connectivity index (χ2v) is 8.09. The van der Waals surface area contributed by atoms with Gasteiger partial charge in [-0.05, 0) is 32.4 Å². The lowest BCUT2D eigenvalue weighted by molar-refractivity contribution is 0.224. The molecule has 3 aromatic rings. The smallest absolute Gasteiger partial charge is 0.166 e. The maximum absolute atomic E-state index is 4.95. The van der Waals surface area contributed by atoms with Crippen LogP contribution in [-0.2, 0) is 0 Å². The van der Waals surface area contributed by atoms with Gasteiger partial charge in [-0.3, -0.25) is 0 Å². The van der Waals surface area contributed by atoms with E-state index in [9.17, 15) is 0 Å². The Hall–Kier alpha value is -1.75. The number of thioether (sulfide) groups is 1. The first-order valence-electron chi connectivity index (χ1n) is 9.32. The number of imidazole rings is 1. The van der Waals surface area contributed by atoms with E-state index in [0.29, 0.717) is 0 Å². The Morgan fingerprint density at radius 3 is 2.37 bits per heavy atom. The second-order valence-electron chi connectivity index (χ2n) is 7.08. The van der Waals surface area contributed by atoms with Crippen molar-refractivity contribution in [2.24, 2.45) is 5.92 Å². The van der Waals surface area contributed by atoms with Crippen LogP contribution in [0.5, 0.6) is 0 Å². The predicted molar refractivity (Wildman–Crippen MR) is 118 cm³/mol. The summed E-state index contributed by atoms with van der Waals surface area (Å²) >= 11 is 1.86. The number of hydrogen-bond acceptors (Lipinski definition) is 3. The van der Waals surface area contributed by atoms with E-state index in [2.05, 4.69) is 71.5 Å². The van der Waals surface area contributed by atoms with Crippen LogP contribution in [0.4, 0.5) is 0 Å². The third kappa shape index (κ3) is 4.95. The van der Waals surface area contributed by atoms with Crippen LogP contribution < -0.4 is 0 Å². The first-order valence-corrected chi connectivity index (χ1v) is 10.3. The highest BCUT2D eigenvalue weighted by molar-refractivity contribution is 7.99. The van der Waals surface area contributed by atoms with Crippen molar-refractivity contribution in [2.45, 2.75) is 18.0 Å². The minimum absolute atomic E-state index is 0. The minimum Gasteiger partial charge on any atom is -0.332 e. The van der Waals surface area contributed by atoms with Gasteiger partial charge in [0, 0.05) is 23.4 Å². The number of benzene rings is 2. The molecule has 27 heavy (non-hydrogen) atoms. The quantitative estimate of drug-likeness (QED) is 0.566. The first kappa shape index (κ1) is 20.0. The lowest BCUT2D eigenvalue weighted by Crippen LogP contribution is -2.33. The van der Waals surface area contributed by atoms with E-state index in [4.69, 9.17) is 4.98 Å². The minimum atomic E-state index is 0. The van der Waals surface area contributed by atoms with Crippen molar-refractivity contribution >= 4 is 24.2 Å². The van der Waals surface area contributed by atoms with Gasteiger partial charge in [0.2, 0.25) is 0 Å². The summed E-state index contributed by atoms with van der Waals surface area (Å²) < 4.78 is 0. The average molecular weight is 400 g/mol. The highest BCUT2D eigenvalue weighted by Crippen LogP contribution is 2.33. The maximum Gasteiger partial charge on any atom is 0.166 e. The van der Waals surface area contributed by atoms with Gasteiger partial charge in [0.1, 0.15) is 0 Å². The molecular weight excluding hydrogens is 374 g/mol. The number of likely N-dealkylation sites (tertiary alicyclic amines) is 1. The Labute approximate surface area is 172 Å². The van der Waals surface area contributed by atoms with E-state index in [1.807, 2.05) is 17.8 Å². The summed E-state index contributed by atoms with van der Waals surface area (Å²) in [5, 5.41) is 1.02. The number of piperidine rings is 1. The molecule has 0 spiro atoms. The van der Waals surface area contributed by atoms with Crippen LogP contribution >= 0.6 is 24.2 Å². The van der Waals surface area contributed by atoms with Gasteiger partial charge in [-0.15, -0.1) is 12.4 Å². The molecule has 1 N–H and O–H groups in total. The number of aromatic amines is 1. The summed E-state index contributed by atoms with van der Waals surface area (Å²) in [5.74, 6) is 1.88. The van der Waals surface area contributed by atoms with Gasteiger partial charge >= 0.3 is 0 Å². The molecule has 0 bridgehead atoms. The number of H-pyrrole nitrogens is 1. The molecule has 2 aromatic carbocycles. The highest BCUT2D eigenvalue weighted by atomic mass is 35.5. The summed E-state index contributed by atoms with van der Waals surface area (Å²) in [4.78, 5) is 11.0. The molecular formula is C22H26ClN3S. The van der Waals surface area contributed by atoms with Crippen LogP contribution in [0, 0.1) is 5.92 Å². The Balaban J connectivity index is 0.00000210. The number of aromatic nitrogens is 2. The molecule has 4 rings (SSSR count). The summed E-state index contributed by atoms with van der Waals surface area (Å²) in [6.07, 6.45) is 2.64. The number of hydrogen-bond donors (Lipinski definition) is 1. The van der Waals surface area contributed by atoms with Crippen molar-refractivity contribution in [3.8, 4) is 22.5 Å². The van der Waals surface area contributed by atoms with E-state index < -0.39 is 0 Å². The fourth-order valence-electron chi connectivity index (χ4n) is 3.64. The molecule has 1 aliphatic heterocycles. The van der Waals surface area contributed by atoms with Crippen molar-refractivity contribution in [3.63, 3.8) is 0 Å². The number of nitrogens with one attached hydrogen (secondary N) is 1. The molecule has 1 saturated heterocycles. The standard InChI is InChI=1S/C22H25N3S.ClH/c1-25-14-8-9-17(15-25)16-26-22-23-20(18-10-4-2-5-11-18)21(24-22)19-12-6-3-7-13-19;/h2-7,10-13,17H,8-9,14-16H2,1H3,(H,23,24);1H/t17-;/m0./s1. The van der Waals surface area contributed by atoms with Crippen molar-refractivity contribution in [1.29, 1.82) is 0 Å². The fourth-order valence-corrected chi connectivity index (χ4v) is 4.64. The van der Waals surface area contributed by atoms with E-state index in [1.165, 1.54) is 31.5 Å². The van der Waals surface area contributed by atoms with Gasteiger partial charge in [-0.2, -0.15) is 0 Å². The zero-order valence-electron chi connectivity index (χ0n) is 15.6. The Bertz CT molecular complexity index is 778. The van der Waals surface area contributed by atoms with Gasteiger partial charge < -0.3 is 9.88 Å². The number of nitrogens with zero attached hydrogens (tertiary/aromatic N) is 2. The molecule has 2 heterocycles. The van der Waals surface area contributed by atoms with Crippen molar-refractivity contribution < 1.29 is 0 Å². The third-order valence-electron chi connectivity index (χ3n) is 4.97. The lowest BCUT2D eigenvalue weighted by atomic mass is 10.0. The Kier molecular flexibility index (Phi) is 7.00. The van der Waals surface area contributed by atoms with Crippen LogP contribution in [0.25, 0.3) is 22.5 Å². The zero-order valence-corrected chi connectivity index (χ0v) is 17.2. The van der Waals surface area contributed by atoms with E-state index in [0.717, 1.165) is 33.8 Å². The summed E-state index contributed by atoms with van der Waals surface area (Å²) in [7, 11) is 2.23. The van der Waals surface area contributed by atoms with Crippen molar-refractivity contribution in [2.75, 3.05) is 25.9 Å². The third-order valence-corrected chi connectivity index (χ3v) is 6.07. The van der Waals surface area contributed by atoms with Gasteiger partial charge in [0.25, 0.3) is 0 Å². The molecule has 142 valence electrons. The van der Waals surface area contributed by atoms with Gasteiger partial charge in [-0.25, -0.2) is 4.98 Å². The molecule has 3 nitrogen and oxygen atoms in total. The SMILES string of the molecule is CN1CCC[C@H](CSc2nc(-c3ccccc3)c(-c3ccccc3)[nH]2)C1.Cl.